The molecule has 0 radical (unpaired) electrons. The fourth-order valence-corrected chi connectivity index (χ4v) is 1.67. The number of hydrogen-bond donors (Lipinski definition) is 1. The zero-order valence-electron chi connectivity index (χ0n) is 10.4. The molecule has 1 aromatic carbocycles. The average molecular weight is 321 g/mol. The summed E-state index contributed by atoms with van der Waals surface area (Å²) >= 11 is 16.5. The number of thiocarbonyl (C=S) groups is 1. The molecule has 0 spiro atoms. The van der Waals surface area contributed by atoms with Crippen LogP contribution in [-0.4, -0.2) is 36.0 Å². The van der Waals surface area contributed by atoms with Crippen molar-refractivity contribution in [2.45, 2.75) is 6.42 Å². The third-order valence-electron chi connectivity index (χ3n) is 2.36. The predicted molar refractivity (Wildman–Crippen MR) is 81.0 cm³/mol. The van der Waals surface area contributed by atoms with Crippen LogP contribution in [0.15, 0.2) is 18.2 Å². The fraction of sp³-hybridized carbons (Fsp3) is 0.333. The van der Waals surface area contributed by atoms with Crippen LogP contribution in [-0.2, 0) is 4.79 Å². The molecule has 0 heterocycles. The molecular formula is C12H14Cl2N2O2S. The number of benzene rings is 1. The van der Waals surface area contributed by atoms with E-state index >= 15 is 0 Å². The average Bonchev–Trinajstić information content (AvgIpc) is 2.36. The van der Waals surface area contributed by atoms with Gasteiger partial charge in [-0.25, -0.2) is 0 Å². The van der Waals surface area contributed by atoms with E-state index in [9.17, 15) is 4.79 Å². The lowest BCUT2D eigenvalue weighted by atomic mass is 10.3. The Morgan fingerprint density at radius 1 is 1.47 bits per heavy atom. The van der Waals surface area contributed by atoms with Crippen LogP contribution in [0.1, 0.15) is 6.42 Å². The Hall–Kier alpha value is -1.04. The maximum Gasteiger partial charge on any atom is 0.260 e. The highest BCUT2D eigenvalue weighted by Gasteiger charge is 2.11. The molecule has 1 aromatic rings. The summed E-state index contributed by atoms with van der Waals surface area (Å²) in [5, 5.41) is 0.900. The van der Waals surface area contributed by atoms with E-state index in [2.05, 4.69) is 0 Å². The van der Waals surface area contributed by atoms with Crippen LogP contribution < -0.4 is 10.5 Å². The molecule has 0 unspecified atom stereocenters. The molecule has 0 aliphatic carbocycles. The smallest absolute Gasteiger partial charge is 0.260 e. The first kappa shape index (κ1) is 16.0. The molecule has 19 heavy (non-hydrogen) atoms. The van der Waals surface area contributed by atoms with E-state index in [1.54, 1.807) is 25.2 Å². The van der Waals surface area contributed by atoms with Gasteiger partial charge in [0.25, 0.3) is 5.91 Å². The van der Waals surface area contributed by atoms with E-state index in [-0.39, 0.29) is 12.5 Å². The van der Waals surface area contributed by atoms with Gasteiger partial charge in [0.1, 0.15) is 5.75 Å². The van der Waals surface area contributed by atoms with Crippen molar-refractivity contribution in [1.82, 2.24) is 4.90 Å². The number of nitrogens with two attached hydrogens (primary N) is 1. The molecule has 1 amide bonds. The summed E-state index contributed by atoms with van der Waals surface area (Å²) in [5.41, 5.74) is 5.37. The minimum atomic E-state index is -0.188. The summed E-state index contributed by atoms with van der Waals surface area (Å²) in [5.74, 6) is 0.192. The molecule has 0 aliphatic rings. The summed E-state index contributed by atoms with van der Waals surface area (Å²) in [6.45, 7) is 0.342. The van der Waals surface area contributed by atoms with E-state index < -0.39 is 0 Å². The van der Waals surface area contributed by atoms with Crippen molar-refractivity contribution in [1.29, 1.82) is 0 Å². The molecule has 0 atom stereocenters. The van der Waals surface area contributed by atoms with Crippen molar-refractivity contribution < 1.29 is 9.53 Å². The van der Waals surface area contributed by atoms with E-state index in [0.29, 0.717) is 33.7 Å². The first-order valence-corrected chi connectivity index (χ1v) is 6.66. The van der Waals surface area contributed by atoms with Gasteiger partial charge in [-0.3, -0.25) is 4.79 Å². The molecule has 7 heteroatoms. The monoisotopic (exact) mass is 320 g/mol. The Morgan fingerprint density at radius 3 is 2.79 bits per heavy atom. The van der Waals surface area contributed by atoms with E-state index in [1.807, 2.05) is 0 Å². The number of ether oxygens (including phenoxy) is 1. The highest BCUT2D eigenvalue weighted by Crippen LogP contribution is 2.27. The molecule has 0 aromatic heterocycles. The molecule has 2 N–H and O–H groups in total. The van der Waals surface area contributed by atoms with Gasteiger partial charge in [0.05, 0.1) is 10.0 Å². The number of halogens is 2. The van der Waals surface area contributed by atoms with Crippen molar-refractivity contribution in [3.63, 3.8) is 0 Å². The number of nitrogens with zero attached hydrogens (tertiary/aromatic N) is 1. The van der Waals surface area contributed by atoms with Crippen LogP contribution >= 0.6 is 35.4 Å². The van der Waals surface area contributed by atoms with E-state index in [4.69, 9.17) is 45.9 Å². The Labute approximate surface area is 127 Å². The van der Waals surface area contributed by atoms with Crippen molar-refractivity contribution in [2.24, 2.45) is 5.73 Å². The SMILES string of the molecule is CN(CCC(N)=S)C(=O)COc1cc(Cl)ccc1Cl. The van der Waals surface area contributed by atoms with Crippen LogP contribution in [0.3, 0.4) is 0 Å². The van der Waals surface area contributed by atoms with Gasteiger partial charge in [0.15, 0.2) is 6.61 Å². The summed E-state index contributed by atoms with van der Waals surface area (Å²) in [6, 6.07) is 4.82. The van der Waals surface area contributed by atoms with Crippen LogP contribution in [0, 0.1) is 0 Å². The van der Waals surface area contributed by atoms with Crippen LogP contribution in [0.25, 0.3) is 0 Å². The van der Waals surface area contributed by atoms with Gasteiger partial charge in [-0.15, -0.1) is 0 Å². The van der Waals surface area contributed by atoms with E-state index in [0.717, 1.165) is 0 Å². The molecule has 0 aliphatic heterocycles. The second-order valence-electron chi connectivity index (χ2n) is 3.90. The Kier molecular flexibility index (Phi) is 6.34. The lowest BCUT2D eigenvalue weighted by molar-refractivity contribution is -0.131. The van der Waals surface area contributed by atoms with Crippen molar-refractivity contribution in [3.05, 3.63) is 28.2 Å². The van der Waals surface area contributed by atoms with Gasteiger partial charge < -0.3 is 15.4 Å². The second kappa shape index (κ2) is 7.53. The van der Waals surface area contributed by atoms with Crippen molar-refractivity contribution in [3.8, 4) is 5.75 Å². The zero-order valence-corrected chi connectivity index (χ0v) is 12.7. The number of likely N-dealkylation sites (N-methyl/N-ethyl adjacent to an activating group) is 1. The summed E-state index contributed by atoms with van der Waals surface area (Å²) in [7, 11) is 1.66. The largest absolute Gasteiger partial charge is 0.482 e. The van der Waals surface area contributed by atoms with Crippen LogP contribution in [0.4, 0.5) is 0 Å². The first-order chi connectivity index (χ1) is 8.90. The van der Waals surface area contributed by atoms with E-state index in [1.165, 1.54) is 4.90 Å². The molecule has 104 valence electrons. The first-order valence-electron chi connectivity index (χ1n) is 5.50. The van der Waals surface area contributed by atoms with Crippen LogP contribution in [0.2, 0.25) is 10.0 Å². The Bertz CT molecular complexity index is 483. The maximum atomic E-state index is 11.8. The molecular weight excluding hydrogens is 307 g/mol. The summed E-state index contributed by atoms with van der Waals surface area (Å²) < 4.78 is 5.34. The highest BCUT2D eigenvalue weighted by atomic mass is 35.5. The summed E-state index contributed by atoms with van der Waals surface area (Å²) in [6.07, 6.45) is 0.482. The third kappa shape index (κ3) is 5.63. The second-order valence-corrected chi connectivity index (χ2v) is 5.26. The van der Waals surface area contributed by atoms with Gasteiger partial charge in [0.2, 0.25) is 0 Å². The molecule has 4 nitrogen and oxygen atoms in total. The number of hydrogen-bond acceptors (Lipinski definition) is 3. The predicted octanol–water partition coefficient (Wildman–Crippen LogP) is 2.51. The maximum absolute atomic E-state index is 11.8. The molecule has 0 saturated heterocycles. The van der Waals surface area contributed by atoms with Gasteiger partial charge in [-0.2, -0.15) is 0 Å². The van der Waals surface area contributed by atoms with Gasteiger partial charge in [-0.05, 0) is 12.1 Å². The van der Waals surface area contributed by atoms with Crippen LogP contribution in [0.5, 0.6) is 5.75 Å². The minimum absolute atomic E-state index is 0.117. The van der Waals surface area contributed by atoms with Gasteiger partial charge in [0, 0.05) is 31.1 Å². The normalized spacial score (nSPS) is 10.1. The molecule has 0 bridgehead atoms. The summed E-state index contributed by atoms with van der Waals surface area (Å²) in [4.78, 5) is 13.6. The quantitative estimate of drug-likeness (QED) is 0.818. The van der Waals surface area contributed by atoms with Gasteiger partial charge in [-0.1, -0.05) is 35.4 Å². The Balaban J connectivity index is 2.49. The highest BCUT2D eigenvalue weighted by molar-refractivity contribution is 7.80. The molecule has 0 fully saturated rings. The fourth-order valence-electron chi connectivity index (χ4n) is 1.24. The standard InChI is InChI=1S/C12H14Cl2N2O2S/c1-16(5-4-11(15)19)12(17)7-18-10-6-8(13)2-3-9(10)14/h2-3,6H,4-5,7H2,1H3,(H2,15,19). The lowest BCUT2D eigenvalue weighted by Crippen LogP contribution is -2.33. The minimum Gasteiger partial charge on any atom is -0.482 e. The van der Waals surface area contributed by atoms with Crippen molar-refractivity contribution >= 4 is 46.3 Å². The number of rotatable bonds is 6. The lowest BCUT2D eigenvalue weighted by Gasteiger charge is -2.17. The van der Waals surface area contributed by atoms with Crippen molar-refractivity contribution in [2.75, 3.05) is 20.2 Å². The number of carbonyl (C=O) groups excluding carboxylic acids is 1. The topological polar surface area (TPSA) is 55.6 Å². The molecule has 0 saturated carbocycles. The molecule has 1 rings (SSSR count). The number of amides is 1. The Morgan fingerprint density at radius 2 is 2.16 bits per heavy atom. The van der Waals surface area contributed by atoms with Gasteiger partial charge >= 0.3 is 0 Å². The number of carbonyl (C=O) groups is 1. The third-order valence-corrected chi connectivity index (χ3v) is 3.12. The zero-order chi connectivity index (χ0) is 14.4.